The summed E-state index contributed by atoms with van der Waals surface area (Å²) in [6, 6.07) is 16.8. The van der Waals surface area contributed by atoms with Crippen LogP contribution < -0.4 is 5.43 Å². The van der Waals surface area contributed by atoms with Crippen LogP contribution >= 0.6 is 27.7 Å². The summed E-state index contributed by atoms with van der Waals surface area (Å²) in [6.45, 7) is 4.25. The lowest BCUT2D eigenvalue weighted by molar-refractivity contribution is 0.563. The molecule has 2 nitrogen and oxygen atoms in total. The lowest BCUT2D eigenvalue weighted by atomic mass is 10.1. The fraction of sp³-hybridized carbons (Fsp3) is 0.188. The van der Waals surface area contributed by atoms with Crippen LogP contribution in [0.15, 0.2) is 58.1 Å². The number of hydrogen-bond acceptors (Lipinski definition) is 3. The average Bonchev–Trinajstić information content (AvgIpc) is 2.84. The molecule has 1 aliphatic rings. The number of halogens is 1. The quantitative estimate of drug-likeness (QED) is 0.857. The largest absolute Gasteiger partial charge is 0.288 e. The molecular weight excluding hydrogens is 332 g/mol. The van der Waals surface area contributed by atoms with Crippen LogP contribution in [0.4, 0.5) is 0 Å². The highest BCUT2D eigenvalue weighted by Gasteiger charge is 2.34. The summed E-state index contributed by atoms with van der Waals surface area (Å²) in [5.41, 5.74) is 6.91. The zero-order valence-electron chi connectivity index (χ0n) is 11.4. The van der Waals surface area contributed by atoms with E-state index in [1.165, 1.54) is 11.1 Å². The van der Waals surface area contributed by atoms with Crippen LogP contribution in [0, 0.1) is 6.92 Å². The molecule has 0 unspecified atom stereocenters. The number of hydrogen-bond donors (Lipinski definition) is 1. The highest BCUT2D eigenvalue weighted by atomic mass is 79.9. The first kappa shape index (κ1) is 13.7. The van der Waals surface area contributed by atoms with E-state index in [4.69, 9.17) is 0 Å². The second kappa shape index (κ2) is 5.26. The molecule has 0 aromatic heterocycles. The van der Waals surface area contributed by atoms with Gasteiger partial charge in [0.2, 0.25) is 0 Å². The molecular formula is C16H15BrN2S. The van der Waals surface area contributed by atoms with Gasteiger partial charge in [-0.2, -0.15) is 5.10 Å². The van der Waals surface area contributed by atoms with E-state index >= 15 is 0 Å². The molecule has 0 saturated heterocycles. The molecule has 102 valence electrons. The van der Waals surface area contributed by atoms with Crippen molar-refractivity contribution >= 4 is 32.7 Å². The monoisotopic (exact) mass is 346 g/mol. The topological polar surface area (TPSA) is 24.4 Å². The second-order valence-corrected chi connectivity index (χ2v) is 7.36. The average molecular weight is 347 g/mol. The summed E-state index contributed by atoms with van der Waals surface area (Å²) in [4.78, 5) is -0.207. The van der Waals surface area contributed by atoms with E-state index in [1.54, 1.807) is 11.8 Å². The van der Waals surface area contributed by atoms with Gasteiger partial charge in [-0.05, 0) is 31.5 Å². The summed E-state index contributed by atoms with van der Waals surface area (Å²) in [5.74, 6) is 0. The van der Waals surface area contributed by atoms with Gasteiger partial charge in [0.25, 0.3) is 0 Å². The van der Waals surface area contributed by atoms with E-state index in [9.17, 15) is 0 Å². The Bertz CT molecular complexity index is 649. The van der Waals surface area contributed by atoms with Gasteiger partial charge < -0.3 is 0 Å². The third kappa shape index (κ3) is 2.63. The Kier molecular flexibility index (Phi) is 3.61. The number of benzene rings is 2. The number of aryl methyl sites for hydroxylation is 1. The zero-order chi connectivity index (χ0) is 14.2. The number of rotatable bonds is 2. The van der Waals surface area contributed by atoms with Gasteiger partial charge in [-0.15, -0.1) is 0 Å². The lowest BCUT2D eigenvalue weighted by Gasteiger charge is -2.23. The maximum Gasteiger partial charge on any atom is 0.128 e. The highest BCUT2D eigenvalue weighted by molar-refractivity contribution is 9.10. The van der Waals surface area contributed by atoms with Gasteiger partial charge in [0.1, 0.15) is 9.91 Å². The second-order valence-electron chi connectivity index (χ2n) is 5.04. The first-order valence-electron chi connectivity index (χ1n) is 6.44. The summed E-state index contributed by atoms with van der Waals surface area (Å²) >= 11 is 5.23. The zero-order valence-corrected chi connectivity index (χ0v) is 13.8. The highest BCUT2D eigenvalue weighted by Crippen LogP contribution is 2.40. The Morgan fingerprint density at radius 2 is 1.70 bits per heavy atom. The maximum absolute atomic E-state index is 4.51. The third-order valence-electron chi connectivity index (χ3n) is 3.37. The summed E-state index contributed by atoms with van der Waals surface area (Å²) in [6.07, 6.45) is 0. The lowest BCUT2D eigenvalue weighted by Crippen LogP contribution is -2.28. The molecule has 1 aliphatic heterocycles. The molecule has 2 aromatic rings. The van der Waals surface area contributed by atoms with Crippen LogP contribution in [0.1, 0.15) is 23.6 Å². The molecule has 4 heteroatoms. The van der Waals surface area contributed by atoms with Crippen molar-refractivity contribution in [2.24, 2.45) is 5.10 Å². The van der Waals surface area contributed by atoms with Gasteiger partial charge in [-0.3, -0.25) is 5.43 Å². The van der Waals surface area contributed by atoms with E-state index in [0.29, 0.717) is 0 Å². The molecule has 20 heavy (non-hydrogen) atoms. The van der Waals surface area contributed by atoms with E-state index in [0.717, 1.165) is 15.1 Å². The molecule has 1 atom stereocenters. The number of hydrazone groups is 1. The normalized spacial score (nSPS) is 21.4. The van der Waals surface area contributed by atoms with E-state index < -0.39 is 0 Å². The van der Waals surface area contributed by atoms with Crippen molar-refractivity contribution < 1.29 is 0 Å². The van der Waals surface area contributed by atoms with Crippen molar-refractivity contribution in [1.29, 1.82) is 0 Å². The molecule has 2 aromatic carbocycles. The molecule has 0 saturated carbocycles. The van der Waals surface area contributed by atoms with Crippen molar-refractivity contribution in [3.8, 4) is 0 Å². The van der Waals surface area contributed by atoms with Crippen LogP contribution in [0.25, 0.3) is 0 Å². The number of nitrogens with one attached hydrogen (secondary N) is 1. The van der Waals surface area contributed by atoms with Crippen molar-refractivity contribution in [1.82, 2.24) is 5.43 Å². The number of thioether (sulfide) groups is 1. The SMILES string of the molecule is Cc1ccc(C2=NN[C@@](C)(c3ccc(Br)cc3)S2)cc1. The minimum atomic E-state index is -0.207. The van der Waals surface area contributed by atoms with Crippen LogP contribution in [-0.2, 0) is 4.87 Å². The van der Waals surface area contributed by atoms with E-state index in [2.05, 4.69) is 88.8 Å². The molecule has 0 bridgehead atoms. The smallest absolute Gasteiger partial charge is 0.128 e. The van der Waals surface area contributed by atoms with Crippen molar-refractivity contribution in [3.63, 3.8) is 0 Å². The molecule has 0 spiro atoms. The molecule has 0 fully saturated rings. The molecule has 3 rings (SSSR count). The van der Waals surface area contributed by atoms with Gasteiger partial charge in [0.15, 0.2) is 0 Å². The molecule has 1 N–H and O–H groups in total. The Balaban J connectivity index is 1.84. The number of nitrogens with zero attached hydrogens (tertiary/aromatic N) is 1. The maximum atomic E-state index is 4.51. The minimum absolute atomic E-state index is 0.207. The van der Waals surface area contributed by atoms with Gasteiger partial charge in [0, 0.05) is 10.0 Å². The van der Waals surface area contributed by atoms with Crippen LogP contribution in [0.3, 0.4) is 0 Å². The first-order chi connectivity index (χ1) is 9.57. The van der Waals surface area contributed by atoms with Crippen LogP contribution in [0.2, 0.25) is 0 Å². The Morgan fingerprint density at radius 1 is 1.05 bits per heavy atom. The van der Waals surface area contributed by atoms with Gasteiger partial charge >= 0.3 is 0 Å². The van der Waals surface area contributed by atoms with Gasteiger partial charge in [-0.1, -0.05) is 69.7 Å². The van der Waals surface area contributed by atoms with Crippen molar-refractivity contribution in [2.75, 3.05) is 0 Å². The predicted octanol–water partition coefficient (Wildman–Crippen LogP) is 4.63. The summed E-state index contributed by atoms with van der Waals surface area (Å²) in [7, 11) is 0. The van der Waals surface area contributed by atoms with Gasteiger partial charge in [-0.25, -0.2) is 0 Å². The van der Waals surface area contributed by atoms with Crippen molar-refractivity contribution in [3.05, 3.63) is 69.7 Å². The summed E-state index contributed by atoms with van der Waals surface area (Å²) < 4.78 is 1.09. The van der Waals surface area contributed by atoms with E-state index in [1.807, 2.05) is 0 Å². The van der Waals surface area contributed by atoms with E-state index in [-0.39, 0.29) is 4.87 Å². The molecule has 0 amide bonds. The molecule has 1 heterocycles. The Labute approximate surface area is 131 Å². The minimum Gasteiger partial charge on any atom is -0.288 e. The van der Waals surface area contributed by atoms with Crippen LogP contribution in [-0.4, -0.2) is 5.04 Å². The summed E-state index contributed by atoms with van der Waals surface area (Å²) in [5, 5.41) is 5.54. The fourth-order valence-corrected chi connectivity index (χ4v) is 3.45. The van der Waals surface area contributed by atoms with Gasteiger partial charge in [0.05, 0.1) is 0 Å². The Hall–Kier alpha value is -1.26. The molecule has 0 aliphatic carbocycles. The van der Waals surface area contributed by atoms with Crippen LogP contribution in [0.5, 0.6) is 0 Å². The van der Waals surface area contributed by atoms with Crippen molar-refractivity contribution in [2.45, 2.75) is 18.7 Å². The molecule has 0 radical (unpaired) electrons. The Morgan fingerprint density at radius 3 is 2.35 bits per heavy atom. The fourth-order valence-electron chi connectivity index (χ4n) is 2.11. The third-order valence-corrected chi connectivity index (χ3v) is 5.15. The first-order valence-corrected chi connectivity index (χ1v) is 8.05. The predicted molar refractivity (Wildman–Crippen MR) is 89.9 cm³/mol. The standard InChI is InChI=1S/C16H15BrN2S/c1-11-3-5-12(6-4-11)15-18-19-16(2,20-15)13-7-9-14(17)10-8-13/h3-10,19H,1-2H3/t16-/m1/s1.